The molecule has 0 spiro atoms. The molecule has 0 fully saturated rings. The molecular weight excluding hydrogens is 379 g/mol. The summed E-state index contributed by atoms with van der Waals surface area (Å²) in [5.41, 5.74) is -0.00195. The van der Waals surface area contributed by atoms with Gasteiger partial charge in [-0.3, -0.25) is 9.59 Å². The van der Waals surface area contributed by atoms with Crippen LogP contribution in [0.2, 0.25) is 0 Å². The zero-order valence-electron chi connectivity index (χ0n) is 15.4. The van der Waals surface area contributed by atoms with E-state index in [0.717, 1.165) is 0 Å². The number of rotatable bonds is 8. The summed E-state index contributed by atoms with van der Waals surface area (Å²) in [6.07, 6.45) is -1.26. The molecule has 0 saturated heterocycles. The molecule has 0 aliphatic heterocycles. The molecule has 28 heavy (non-hydrogen) atoms. The Hall–Kier alpha value is -3.04. The third kappa shape index (κ3) is 6.29. The van der Waals surface area contributed by atoms with Crippen LogP contribution in [0.25, 0.3) is 0 Å². The Morgan fingerprint density at radius 1 is 1.21 bits per heavy atom. The Morgan fingerprint density at radius 3 is 2.43 bits per heavy atom. The maximum absolute atomic E-state index is 12.8. The van der Waals surface area contributed by atoms with Crippen LogP contribution in [-0.4, -0.2) is 52.2 Å². The molecular formula is C18H20F3N3O4. The Balaban J connectivity index is 2.06. The van der Waals surface area contributed by atoms with Crippen molar-refractivity contribution in [3.63, 3.8) is 0 Å². The van der Waals surface area contributed by atoms with Crippen molar-refractivity contribution >= 4 is 11.9 Å². The molecule has 0 N–H and O–H groups in total. The van der Waals surface area contributed by atoms with E-state index in [0.29, 0.717) is 16.5 Å². The number of nitrogens with zero attached hydrogens (tertiary/aromatic N) is 3. The van der Waals surface area contributed by atoms with E-state index in [1.165, 1.54) is 31.2 Å². The van der Waals surface area contributed by atoms with Gasteiger partial charge in [-0.1, -0.05) is 0 Å². The SMILES string of the molecule is CCOC(=O)CN(CC(F)(F)F)C(=O)c1ccc(OCc2nccn2C)cc1. The molecule has 0 aliphatic carbocycles. The number of hydrogen-bond donors (Lipinski definition) is 0. The molecule has 10 heteroatoms. The molecule has 152 valence electrons. The van der Waals surface area contributed by atoms with Crippen LogP contribution in [0.3, 0.4) is 0 Å². The number of alkyl halides is 3. The van der Waals surface area contributed by atoms with Gasteiger partial charge in [0.25, 0.3) is 5.91 Å². The van der Waals surface area contributed by atoms with Gasteiger partial charge in [0.2, 0.25) is 0 Å². The topological polar surface area (TPSA) is 73.7 Å². The number of aromatic nitrogens is 2. The molecule has 0 saturated carbocycles. The van der Waals surface area contributed by atoms with E-state index >= 15 is 0 Å². The summed E-state index contributed by atoms with van der Waals surface area (Å²) in [5, 5.41) is 0. The first-order chi connectivity index (χ1) is 13.2. The summed E-state index contributed by atoms with van der Waals surface area (Å²) in [4.78, 5) is 28.5. The molecule has 1 amide bonds. The minimum atomic E-state index is -4.65. The highest BCUT2D eigenvalue weighted by molar-refractivity contribution is 5.96. The number of ether oxygens (including phenoxy) is 2. The van der Waals surface area contributed by atoms with E-state index in [2.05, 4.69) is 9.72 Å². The monoisotopic (exact) mass is 399 g/mol. The van der Waals surface area contributed by atoms with Crippen molar-refractivity contribution in [3.05, 3.63) is 48.0 Å². The first kappa shape index (κ1) is 21.3. The van der Waals surface area contributed by atoms with Gasteiger partial charge in [-0.15, -0.1) is 0 Å². The fourth-order valence-corrected chi connectivity index (χ4v) is 2.34. The van der Waals surface area contributed by atoms with Gasteiger partial charge in [0.1, 0.15) is 31.3 Å². The standard InChI is InChI=1S/C18H20F3N3O4/c1-3-27-16(25)10-24(12-18(19,20)21)17(26)13-4-6-14(7-5-13)28-11-15-22-8-9-23(15)2/h4-9H,3,10-12H2,1-2H3. The molecule has 2 aromatic rings. The Labute approximate surface area is 159 Å². The number of aryl methyl sites for hydroxylation is 1. The number of carbonyl (C=O) groups excluding carboxylic acids is 2. The van der Waals surface area contributed by atoms with Crippen molar-refractivity contribution in [2.24, 2.45) is 7.05 Å². The Bertz CT molecular complexity index is 803. The summed E-state index contributed by atoms with van der Waals surface area (Å²) in [7, 11) is 1.81. The molecule has 0 aliphatic rings. The minimum absolute atomic E-state index is 0.00195. The van der Waals surface area contributed by atoms with Crippen LogP contribution < -0.4 is 4.74 Å². The van der Waals surface area contributed by atoms with Crippen molar-refractivity contribution < 1.29 is 32.2 Å². The lowest BCUT2D eigenvalue weighted by Crippen LogP contribution is -2.42. The lowest BCUT2D eigenvalue weighted by molar-refractivity contribution is -0.153. The van der Waals surface area contributed by atoms with Gasteiger partial charge in [-0.2, -0.15) is 13.2 Å². The van der Waals surface area contributed by atoms with Crippen molar-refractivity contribution in [2.75, 3.05) is 19.7 Å². The van der Waals surface area contributed by atoms with Crippen LogP contribution in [0.5, 0.6) is 5.75 Å². The number of halogens is 3. The number of hydrogen-bond acceptors (Lipinski definition) is 5. The summed E-state index contributed by atoms with van der Waals surface area (Å²) >= 11 is 0. The predicted octanol–water partition coefficient (Wildman–Crippen LogP) is 2.57. The van der Waals surface area contributed by atoms with E-state index < -0.39 is 31.1 Å². The fourth-order valence-electron chi connectivity index (χ4n) is 2.34. The number of carbonyl (C=O) groups is 2. The normalized spacial score (nSPS) is 11.2. The third-order valence-corrected chi connectivity index (χ3v) is 3.67. The lowest BCUT2D eigenvalue weighted by atomic mass is 10.2. The maximum atomic E-state index is 12.8. The van der Waals surface area contributed by atoms with E-state index in [1.54, 1.807) is 17.0 Å². The van der Waals surface area contributed by atoms with Crippen molar-refractivity contribution in [2.45, 2.75) is 19.7 Å². The summed E-state index contributed by atoms with van der Waals surface area (Å²) < 4.78 is 50.3. The molecule has 0 bridgehead atoms. The largest absolute Gasteiger partial charge is 0.486 e. The smallest absolute Gasteiger partial charge is 0.406 e. The Morgan fingerprint density at radius 2 is 1.89 bits per heavy atom. The zero-order valence-corrected chi connectivity index (χ0v) is 15.4. The van der Waals surface area contributed by atoms with Crippen molar-refractivity contribution in [1.82, 2.24) is 14.5 Å². The highest BCUT2D eigenvalue weighted by Gasteiger charge is 2.34. The van der Waals surface area contributed by atoms with Gasteiger partial charge >= 0.3 is 12.1 Å². The van der Waals surface area contributed by atoms with Gasteiger partial charge in [-0.05, 0) is 31.2 Å². The number of imidazole rings is 1. The van der Waals surface area contributed by atoms with Crippen molar-refractivity contribution in [3.8, 4) is 5.75 Å². The molecule has 0 radical (unpaired) electrons. The third-order valence-electron chi connectivity index (χ3n) is 3.67. The number of esters is 1. The van der Waals surface area contributed by atoms with Gasteiger partial charge in [0, 0.05) is 25.0 Å². The molecule has 7 nitrogen and oxygen atoms in total. The molecule has 0 atom stereocenters. The first-order valence-electron chi connectivity index (χ1n) is 8.40. The second kappa shape index (κ2) is 9.25. The second-order valence-electron chi connectivity index (χ2n) is 5.85. The first-order valence-corrected chi connectivity index (χ1v) is 8.40. The van der Waals surface area contributed by atoms with Crippen LogP contribution in [0, 0.1) is 0 Å². The van der Waals surface area contributed by atoms with Crippen LogP contribution in [-0.2, 0) is 23.2 Å². The van der Waals surface area contributed by atoms with Gasteiger partial charge in [0.05, 0.1) is 6.61 Å². The quantitative estimate of drug-likeness (QED) is 0.638. The fraction of sp³-hybridized carbons (Fsp3) is 0.389. The summed E-state index contributed by atoms with van der Waals surface area (Å²) in [6.45, 7) is -0.613. The highest BCUT2D eigenvalue weighted by Crippen LogP contribution is 2.20. The van der Waals surface area contributed by atoms with Crippen molar-refractivity contribution in [1.29, 1.82) is 0 Å². The molecule has 2 rings (SSSR count). The van der Waals surface area contributed by atoms with Crippen LogP contribution >= 0.6 is 0 Å². The van der Waals surface area contributed by atoms with Crippen LogP contribution in [0.4, 0.5) is 13.2 Å². The molecule has 1 heterocycles. The summed E-state index contributed by atoms with van der Waals surface area (Å²) in [6, 6.07) is 5.61. The van der Waals surface area contributed by atoms with E-state index in [-0.39, 0.29) is 18.8 Å². The number of amides is 1. The predicted molar refractivity (Wildman–Crippen MR) is 92.6 cm³/mol. The lowest BCUT2D eigenvalue weighted by Gasteiger charge is -2.23. The van der Waals surface area contributed by atoms with Gasteiger partial charge in [0.15, 0.2) is 0 Å². The van der Waals surface area contributed by atoms with Gasteiger partial charge in [-0.25, -0.2) is 4.98 Å². The van der Waals surface area contributed by atoms with Gasteiger partial charge < -0.3 is 18.9 Å². The second-order valence-corrected chi connectivity index (χ2v) is 5.85. The molecule has 1 aromatic heterocycles. The van der Waals surface area contributed by atoms with E-state index in [1.807, 2.05) is 7.05 Å². The molecule has 1 aromatic carbocycles. The number of benzene rings is 1. The highest BCUT2D eigenvalue weighted by atomic mass is 19.4. The zero-order chi connectivity index (χ0) is 20.7. The average Bonchev–Trinajstić information content (AvgIpc) is 3.03. The van der Waals surface area contributed by atoms with E-state index in [4.69, 9.17) is 4.74 Å². The molecule has 0 unspecified atom stereocenters. The Kier molecular flexibility index (Phi) is 7.02. The average molecular weight is 399 g/mol. The summed E-state index contributed by atoms with van der Waals surface area (Å²) in [5.74, 6) is -0.727. The van der Waals surface area contributed by atoms with Crippen LogP contribution in [0.1, 0.15) is 23.1 Å². The maximum Gasteiger partial charge on any atom is 0.406 e. The minimum Gasteiger partial charge on any atom is -0.486 e. The van der Waals surface area contributed by atoms with Crippen LogP contribution in [0.15, 0.2) is 36.7 Å². The van der Waals surface area contributed by atoms with E-state index in [9.17, 15) is 22.8 Å².